The third-order valence-corrected chi connectivity index (χ3v) is 4.55. The Labute approximate surface area is 128 Å². The third kappa shape index (κ3) is 3.85. The highest BCUT2D eigenvalue weighted by molar-refractivity contribution is 5.95. The summed E-state index contributed by atoms with van der Waals surface area (Å²) < 4.78 is 0. The van der Waals surface area contributed by atoms with Gasteiger partial charge in [0.2, 0.25) is 5.91 Å². The van der Waals surface area contributed by atoms with Crippen molar-refractivity contribution in [2.75, 3.05) is 18.4 Å². The standard InChI is InChI=1S/C18H28N2O/c1-12-9-13(2)11-20(10-12)16(5)18(21)19-17-14(3)7-6-8-15(17)4/h6-8,12-13,16H,9-11H2,1-5H3,(H,19,21)/t12-,13-,16+/m0/s1. The molecule has 21 heavy (non-hydrogen) atoms. The van der Waals surface area contributed by atoms with Crippen LogP contribution in [-0.4, -0.2) is 29.9 Å². The van der Waals surface area contributed by atoms with Crippen LogP contribution in [0, 0.1) is 25.7 Å². The number of benzene rings is 1. The highest BCUT2D eigenvalue weighted by Crippen LogP contribution is 2.24. The first-order chi connectivity index (χ1) is 9.88. The number of aryl methyl sites for hydroxylation is 2. The fourth-order valence-corrected chi connectivity index (χ4v) is 3.43. The molecule has 0 aromatic heterocycles. The summed E-state index contributed by atoms with van der Waals surface area (Å²) in [4.78, 5) is 14.9. The molecule has 1 N–H and O–H groups in total. The lowest BCUT2D eigenvalue weighted by atomic mass is 9.91. The Hall–Kier alpha value is -1.35. The lowest BCUT2D eigenvalue weighted by Gasteiger charge is -2.38. The van der Waals surface area contributed by atoms with E-state index in [1.165, 1.54) is 6.42 Å². The van der Waals surface area contributed by atoms with Gasteiger partial charge in [0, 0.05) is 18.8 Å². The molecule has 0 spiro atoms. The van der Waals surface area contributed by atoms with Gasteiger partial charge in [-0.1, -0.05) is 32.0 Å². The van der Waals surface area contributed by atoms with Gasteiger partial charge in [-0.05, 0) is 50.2 Å². The maximum absolute atomic E-state index is 12.6. The molecular weight excluding hydrogens is 260 g/mol. The van der Waals surface area contributed by atoms with E-state index in [1.807, 2.05) is 39.0 Å². The number of likely N-dealkylation sites (tertiary alicyclic amines) is 1. The van der Waals surface area contributed by atoms with E-state index in [-0.39, 0.29) is 11.9 Å². The van der Waals surface area contributed by atoms with E-state index < -0.39 is 0 Å². The number of nitrogens with one attached hydrogen (secondary N) is 1. The lowest BCUT2D eigenvalue weighted by Crippen LogP contribution is -2.48. The maximum Gasteiger partial charge on any atom is 0.241 e. The molecule has 1 aromatic carbocycles. The van der Waals surface area contributed by atoms with Crippen LogP contribution >= 0.6 is 0 Å². The Morgan fingerprint density at radius 1 is 1.19 bits per heavy atom. The fourth-order valence-electron chi connectivity index (χ4n) is 3.43. The number of hydrogen-bond donors (Lipinski definition) is 1. The molecule has 1 heterocycles. The molecule has 0 aliphatic carbocycles. The van der Waals surface area contributed by atoms with Crippen molar-refractivity contribution in [3.8, 4) is 0 Å². The molecule has 3 heteroatoms. The smallest absolute Gasteiger partial charge is 0.241 e. The normalized spacial score (nSPS) is 24.6. The Balaban J connectivity index is 2.06. The summed E-state index contributed by atoms with van der Waals surface area (Å²) >= 11 is 0. The van der Waals surface area contributed by atoms with Gasteiger partial charge in [0.25, 0.3) is 0 Å². The first kappa shape index (κ1) is 16.0. The van der Waals surface area contributed by atoms with Gasteiger partial charge < -0.3 is 5.32 Å². The van der Waals surface area contributed by atoms with Crippen molar-refractivity contribution in [2.45, 2.75) is 47.1 Å². The number of carbonyl (C=O) groups excluding carboxylic acids is 1. The molecule has 0 bridgehead atoms. The maximum atomic E-state index is 12.6. The molecule has 3 nitrogen and oxygen atoms in total. The van der Waals surface area contributed by atoms with E-state index in [0.717, 1.165) is 29.9 Å². The van der Waals surface area contributed by atoms with Crippen LogP contribution < -0.4 is 5.32 Å². The van der Waals surface area contributed by atoms with Crippen LogP contribution in [0.5, 0.6) is 0 Å². The summed E-state index contributed by atoms with van der Waals surface area (Å²) in [5.74, 6) is 1.45. The molecular formula is C18H28N2O. The number of piperidine rings is 1. The summed E-state index contributed by atoms with van der Waals surface area (Å²) in [6, 6.07) is 6.03. The van der Waals surface area contributed by atoms with Crippen molar-refractivity contribution in [3.63, 3.8) is 0 Å². The highest BCUT2D eigenvalue weighted by Gasteiger charge is 2.29. The average molecular weight is 288 g/mol. The van der Waals surface area contributed by atoms with E-state index in [2.05, 4.69) is 24.1 Å². The first-order valence-corrected chi connectivity index (χ1v) is 7.99. The number of hydrogen-bond acceptors (Lipinski definition) is 2. The first-order valence-electron chi connectivity index (χ1n) is 7.99. The van der Waals surface area contributed by atoms with Crippen molar-refractivity contribution in [3.05, 3.63) is 29.3 Å². The Morgan fingerprint density at radius 3 is 2.24 bits per heavy atom. The summed E-state index contributed by atoms with van der Waals surface area (Å²) in [5.41, 5.74) is 3.21. The zero-order chi connectivity index (χ0) is 15.6. The van der Waals surface area contributed by atoms with Gasteiger partial charge in [0.1, 0.15) is 0 Å². The summed E-state index contributed by atoms with van der Waals surface area (Å²) in [5, 5.41) is 3.12. The predicted molar refractivity (Wildman–Crippen MR) is 88.5 cm³/mol. The van der Waals surface area contributed by atoms with Crippen LogP contribution in [0.2, 0.25) is 0 Å². The molecule has 2 rings (SSSR count). The second-order valence-corrected chi connectivity index (χ2v) is 6.83. The van der Waals surface area contributed by atoms with Crippen LogP contribution in [0.25, 0.3) is 0 Å². The largest absolute Gasteiger partial charge is 0.324 e. The molecule has 3 atom stereocenters. The number of rotatable bonds is 3. The molecule has 0 unspecified atom stereocenters. The Morgan fingerprint density at radius 2 is 1.71 bits per heavy atom. The molecule has 1 amide bonds. The molecule has 0 saturated carbocycles. The van der Waals surface area contributed by atoms with Gasteiger partial charge in [-0.3, -0.25) is 9.69 Å². The second-order valence-electron chi connectivity index (χ2n) is 6.83. The average Bonchev–Trinajstić information content (AvgIpc) is 2.41. The van der Waals surface area contributed by atoms with Crippen LogP contribution in [0.1, 0.15) is 38.3 Å². The Bertz CT molecular complexity index is 482. The number of nitrogens with zero attached hydrogens (tertiary/aromatic N) is 1. The van der Waals surface area contributed by atoms with Crippen molar-refractivity contribution in [2.24, 2.45) is 11.8 Å². The van der Waals surface area contributed by atoms with Gasteiger partial charge in [-0.25, -0.2) is 0 Å². The van der Waals surface area contributed by atoms with Crippen LogP contribution in [0.4, 0.5) is 5.69 Å². The predicted octanol–water partition coefficient (Wildman–Crippen LogP) is 3.61. The van der Waals surface area contributed by atoms with E-state index >= 15 is 0 Å². The lowest BCUT2D eigenvalue weighted by molar-refractivity contribution is -0.121. The molecule has 116 valence electrons. The quantitative estimate of drug-likeness (QED) is 0.921. The zero-order valence-electron chi connectivity index (χ0n) is 13.9. The molecule has 0 radical (unpaired) electrons. The number of amides is 1. The van der Waals surface area contributed by atoms with Crippen molar-refractivity contribution in [1.29, 1.82) is 0 Å². The number of carbonyl (C=O) groups is 1. The fraction of sp³-hybridized carbons (Fsp3) is 0.611. The van der Waals surface area contributed by atoms with Crippen molar-refractivity contribution in [1.82, 2.24) is 4.90 Å². The molecule has 1 aromatic rings. The molecule has 1 saturated heterocycles. The number of para-hydroxylation sites is 1. The van der Waals surface area contributed by atoms with Crippen LogP contribution in [0.15, 0.2) is 18.2 Å². The van der Waals surface area contributed by atoms with Gasteiger partial charge in [-0.15, -0.1) is 0 Å². The topological polar surface area (TPSA) is 32.3 Å². The van der Waals surface area contributed by atoms with Crippen LogP contribution in [-0.2, 0) is 4.79 Å². The van der Waals surface area contributed by atoms with E-state index in [1.54, 1.807) is 0 Å². The van der Waals surface area contributed by atoms with Crippen LogP contribution in [0.3, 0.4) is 0 Å². The van der Waals surface area contributed by atoms with Gasteiger partial charge in [-0.2, -0.15) is 0 Å². The molecule has 1 fully saturated rings. The van der Waals surface area contributed by atoms with E-state index in [0.29, 0.717) is 11.8 Å². The van der Waals surface area contributed by atoms with Gasteiger partial charge >= 0.3 is 0 Å². The summed E-state index contributed by atoms with van der Waals surface area (Å²) in [6.45, 7) is 12.7. The minimum atomic E-state index is -0.0748. The second kappa shape index (κ2) is 6.61. The third-order valence-electron chi connectivity index (χ3n) is 4.55. The minimum Gasteiger partial charge on any atom is -0.324 e. The molecule has 1 aliphatic heterocycles. The monoisotopic (exact) mass is 288 g/mol. The van der Waals surface area contributed by atoms with E-state index in [4.69, 9.17) is 0 Å². The number of anilines is 1. The zero-order valence-corrected chi connectivity index (χ0v) is 13.9. The van der Waals surface area contributed by atoms with E-state index in [9.17, 15) is 4.79 Å². The summed E-state index contributed by atoms with van der Waals surface area (Å²) in [7, 11) is 0. The van der Waals surface area contributed by atoms with Gasteiger partial charge in [0.05, 0.1) is 6.04 Å². The van der Waals surface area contributed by atoms with Gasteiger partial charge in [0.15, 0.2) is 0 Å². The summed E-state index contributed by atoms with van der Waals surface area (Å²) in [6.07, 6.45) is 1.27. The Kier molecular flexibility index (Phi) is 5.04. The SMILES string of the molecule is Cc1cccc(C)c1NC(=O)[C@@H](C)N1C[C@@H](C)C[C@H](C)C1. The van der Waals surface area contributed by atoms with Crippen molar-refractivity contribution < 1.29 is 4.79 Å². The molecule has 1 aliphatic rings. The highest BCUT2D eigenvalue weighted by atomic mass is 16.2. The van der Waals surface area contributed by atoms with Crippen molar-refractivity contribution >= 4 is 11.6 Å². The minimum absolute atomic E-state index is 0.0748.